The van der Waals surface area contributed by atoms with Gasteiger partial charge in [-0.3, -0.25) is 0 Å². The maximum absolute atomic E-state index is 6.07. The summed E-state index contributed by atoms with van der Waals surface area (Å²) in [5, 5.41) is 1.17. The maximum atomic E-state index is 6.07. The van der Waals surface area contributed by atoms with Crippen LogP contribution in [-0.2, 0) is 6.42 Å². The fourth-order valence-electron chi connectivity index (χ4n) is 1.09. The Morgan fingerprint density at radius 1 is 1.46 bits per heavy atom. The van der Waals surface area contributed by atoms with Crippen LogP contribution < -0.4 is 5.73 Å². The second-order valence-electron chi connectivity index (χ2n) is 3.93. The molecule has 0 bridgehead atoms. The number of nitrogens with zero attached hydrogens (tertiary/aromatic N) is 1. The van der Waals surface area contributed by atoms with E-state index in [0.717, 1.165) is 18.5 Å². The average Bonchev–Trinajstić information content (AvgIpc) is 2.30. The van der Waals surface area contributed by atoms with E-state index in [1.807, 2.05) is 0 Å². The molecule has 1 aromatic rings. The van der Waals surface area contributed by atoms with E-state index in [9.17, 15) is 0 Å². The molecular weight excluding hydrogens is 180 g/mol. The summed E-state index contributed by atoms with van der Waals surface area (Å²) in [6, 6.07) is 0. The molecule has 0 amide bonds. The zero-order valence-corrected chi connectivity index (χ0v) is 9.66. The summed E-state index contributed by atoms with van der Waals surface area (Å²) >= 11 is 1.77. The van der Waals surface area contributed by atoms with Gasteiger partial charge in [0.2, 0.25) is 0 Å². The van der Waals surface area contributed by atoms with Gasteiger partial charge in [0, 0.05) is 16.8 Å². The van der Waals surface area contributed by atoms with Crippen LogP contribution >= 0.6 is 11.3 Å². The normalized spacial score (nSPS) is 15.8. The van der Waals surface area contributed by atoms with Gasteiger partial charge in [-0.15, -0.1) is 11.3 Å². The van der Waals surface area contributed by atoms with Crippen molar-refractivity contribution in [1.29, 1.82) is 0 Å². The number of thiazole rings is 1. The zero-order chi connectivity index (χ0) is 10.1. The molecule has 0 aliphatic rings. The van der Waals surface area contributed by atoms with Crippen molar-refractivity contribution in [1.82, 2.24) is 4.98 Å². The monoisotopic (exact) mass is 198 g/mol. The zero-order valence-electron chi connectivity index (χ0n) is 8.85. The molecule has 0 radical (unpaired) electrons. The average molecular weight is 198 g/mol. The number of aryl methyl sites for hydroxylation is 2. The van der Waals surface area contributed by atoms with Crippen LogP contribution in [0.15, 0.2) is 0 Å². The first-order valence-corrected chi connectivity index (χ1v) is 5.48. The van der Waals surface area contributed by atoms with Gasteiger partial charge in [-0.25, -0.2) is 4.98 Å². The van der Waals surface area contributed by atoms with Crippen molar-refractivity contribution in [2.24, 2.45) is 5.73 Å². The van der Waals surface area contributed by atoms with Gasteiger partial charge in [0.25, 0.3) is 0 Å². The van der Waals surface area contributed by atoms with E-state index in [-0.39, 0.29) is 5.54 Å². The first kappa shape index (κ1) is 10.7. The van der Waals surface area contributed by atoms with Gasteiger partial charge in [-0.2, -0.15) is 0 Å². The molecule has 2 nitrogen and oxygen atoms in total. The van der Waals surface area contributed by atoms with Gasteiger partial charge >= 0.3 is 0 Å². The van der Waals surface area contributed by atoms with E-state index in [2.05, 4.69) is 32.7 Å². The minimum Gasteiger partial charge on any atom is -0.325 e. The molecule has 0 aliphatic carbocycles. The van der Waals surface area contributed by atoms with Crippen molar-refractivity contribution >= 4 is 11.3 Å². The van der Waals surface area contributed by atoms with E-state index in [0.29, 0.717) is 0 Å². The van der Waals surface area contributed by atoms with Gasteiger partial charge in [-0.1, -0.05) is 6.92 Å². The van der Waals surface area contributed by atoms with Crippen molar-refractivity contribution in [3.63, 3.8) is 0 Å². The fraction of sp³-hybridized carbons (Fsp3) is 0.700. The van der Waals surface area contributed by atoms with Crippen molar-refractivity contribution in [3.8, 4) is 0 Å². The fourth-order valence-corrected chi connectivity index (χ4v) is 2.22. The third-order valence-corrected chi connectivity index (χ3v) is 3.51. The molecule has 1 heterocycles. The number of rotatable bonds is 3. The summed E-state index contributed by atoms with van der Waals surface area (Å²) in [5.74, 6) is 0. The minimum absolute atomic E-state index is 0.100. The summed E-state index contributed by atoms with van der Waals surface area (Å²) in [5.41, 5.74) is 7.12. The van der Waals surface area contributed by atoms with Crippen LogP contribution in [-0.4, -0.2) is 10.5 Å². The van der Waals surface area contributed by atoms with Crippen LogP contribution in [0.5, 0.6) is 0 Å². The molecule has 1 unspecified atom stereocenters. The lowest BCUT2D eigenvalue weighted by atomic mass is 9.97. The molecule has 0 saturated carbocycles. The van der Waals surface area contributed by atoms with Crippen LogP contribution in [0.25, 0.3) is 0 Å². The molecule has 1 rings (SSSR count). The third kappa shape index (κ3) is 2.78. The van der Waals surface area contributed by atoms with E-state index >= 15 is 0 Å². The number of nitrogens with two attached hydrogens (primary N) is 1. The van der Waals surface area contributed by atoms with Crippen LogP contribution in [0.3, 0.4) is 0 Å². The van der Waals surface area contributed by atoms with Gasteiger partial charge in [0.05, 0.1) is 10.7 Å². The van der Waals surface area contributed by atoms with E-state index < -0.39 is 0 Å². The number of hydrogen-bond donors (Lipinski definition) is 1. The summed E-state index contributed by atoms with van der Waals surface area (Å²) in [6.07, 6.45) is 1.88. The Morgan fingerprint density at radius 3 is 2.46 bits per heavy atom. The second kappa shape index (κ2) is 3.76. The highest BCUT2D eigenvalue weighted by Gasteiger charge is 2.18. The van der Waals surface area contributed by atoms with Crippen LogP contribution in [0.1, 0.15) is 35.8 Å². The van der Waals surface area contributed by atoms with Crippen LogP contribution in [0.2, 0.25) is 0 Å². The molecule has 3 heteroatoms. The highest BCUT2D eigenvalue weighted by molar-refractivity contribution is 7.11. The number of aromatic nitrogens is 1. The van der Waals surface area contributed by atoms with Crippen LogP contribution in [0, 0.1) is 13.8 Å². The largest absolute Gasteiger partial charge is 0.325 e. The van der Waals surface area contributed by atoms with Gasteiger partial charge < -0.3 is 5.73 Å². The molecule has 1 atom stereocenters. The Labute approximate surface area is 84.2 Å². The van der Waals surface area contributed by atoms with Crippen molar-refractivity contribution in [3.05, 3.63) is 15.6 Å². The topological polar surface area (TPSA) is 38.9 Å². The summed E-state index contributed by atoms with van der Waals surface area (Å²) in [7, 11) is 0. The van der Waals surface area contributed by atoms with Gasteiger partial charge in [0.1, 0.15) is 0 Å². The predicted octanol–water partition coefficient (Wildman–Crippen LogP) is 2.43. The molecular formula is C10H18N2S. The summed E-state index contributed by atoms with van der Waals surface area (Å²) < 4.78 is 0. The molecule has 0 spiro atoms. The molecule has 0 aliphatic heterocycles. The predicted molar refractivity (Wildman–Crippen MR) is 58.2 cm³/mol. The SMILES string of the molecule is CCC(C)(N)Cc1nc(C)c(C)s1. The highest BCUT2D eigenvalue weighted by atomic mass is 32.1. The van der Waals surface area contributed by atoms with E-state index in [1.165, 1.54) is 9.88 Å². The summed E-state index contributed by atoms with van der Waals surface area (Å²) in [4.78, 5) is 5.79. The number of hydrogen-bond acceptors (Lipinski definition) is 3. The van der Waals surface area contributed by atoms with Crippen molar-refractivity contribution < 1.29 is 0 Å². The lowest BCUT2D eigenvalue weighted by Gasteiger charge is -2.20. The Kier molecular flexibility index (Phi) is 3.09. The quantitative estimate of drug-likeness (QED) is 0.810. The van der Waals surface area contributed by atoms with Gasteiger partial charge in [-0.05, 0) is 27.2 Å². The second-order valence-corrected chi connectivity index (χ2v) is 5.22. The Morgan fingerprint density at radius 2 is 2.08 bits per heavy atom. The van der Waals surface area contributed by atoms with Crippen molar-refractivity contribution in [2.75, 3.05) is 0 Å². The highest BCUT2D eigenvalue weighted by Crippen LogP contribution is 2.21. The molecule has 2 N–H and O–H groups in total. The minimum atomic E-state index is -0.100. The standard InChI is InChI=1S/C10H18N2S/c1-5-10(4,11)6-9-12-7(2)8(3)13-9/h5-6,11H2,1-4H3. The lowest BCUT2D eigenvalue weighted by Crippen LogP contribution is -2.37. The molecule has 0 fully saturated rings. The molecule has 74 valence electrons. The maximum Gasteiger partial charge on any atom is 0.0949 e. The molecule has 0 saturated heterocycles. The van der Waals surface area contributed by atoms with Crippen LogP contribution in [0.4, 0.5) is 0 Å². The third-order valence-electron chi connectivity index (χ3n) is 2.44. The van der Waals surface area contributed by atoms with E-state index in [1.54, 1.807) is 11.3 Å². The Bertz CT molecular complexity index is 270. The molecule has 0 aromatic carbocycles. The van der Waals surface area contributed by atoms with Gasteiger partial charge in [0.15, 0.2) is 0 Å². The Hall–Kier alpha value is -0.410. The van der Waals surface area contributed by atoms with Crippen molar-refractivity contribution in [2.45, 2.75) is 46.1 Å². The smallest absolute Gasteiger partial charge is 0.0949 e. The molecule has 1 aromatic heterocycles. The summed E-state index contributed by atoms with van der Waals surface area (Å²) in [6.45, 7) is 8.36. The lowest BCUT2D eigenvalue weighted by molar-refractivity contribution is 0.449. The Balaban J connectivity index is 2.75. The first-order valence-electron chi connectivity index (χ1n) is 4.66. The first-order chi connectivity index (χ1) is 5.94. The van der Waals surface area contributed by atoms with E-state index in [4.69, 9.17) is 5.73 Å². The molecule has 13 heavy (non-hydrogen) atoms.